The molecule has 0 spiro atoms. The number of nitrogens with zero attached hydrogens (tertiary/aromatic N) is 4. The largest absolute Gasteiger partial charge is 0.457 e. The van der Waals surface area contributed by atoms with Gasteiger partial charge in [-0.3, -0.25) is 0 Å². The highest BCUT2D eigenvalue weighted by Gasteiger charge is 2.23. The molecule has 0 N–H and O–H groups in total. The Morgan fingerprint density at radius 2 is 0.833 bits per heavy atom. The lowest BCUT2D eigenvalue weighted by atomic mass is 9.78. The number of hydrogen-bond acceptors (Lipinski definition) is 8. The molecule has 66 heavy (non-hydrogen) atoms. The zero-order chi connectivity index (χ0) is 47.1. The molecule has 0 saturated heterocycles. The minimum absolute atomic E-state index is 0.166. The molecule has 0 atom stereocenters. The standard InChI is InChI=1S/C35H34N2O2.C20H20N2O2S.C2H6/c1-5-26-6-14-31(15-7-26)38-33-18-10-28(11-19-33)35(3,4)29-12-20-34(21-13-29)39-32-16-8-27(9-17-32)23-30-22-25(2)36-24-37-30;1-3-16-6-4-8-19(12-16)25(23,24)20-9-5-7-17(13-20)11-18-10-15(2)21-14-22-18;1-2/h6-22,24H,5,23H2,1-4H3;4-10,12-14H,3,11H2,1-2H3;1-2H3. The molecule has 8 rings (SSSR count). The molecule has 0 aliphatic heterocycles. The Hall–Kier alpha value is -6.97. The lowest BCUT2D eigenvalue weighted by Crippen LogP contribution is -2.18. The van der Waals surface area contributed by atoms with Crippen LogP contribution >= 0.6 is 0 Å². The fourth-order valence-electron chi connectivity index (χ4n) is 7.31. The molecule has 0 amide bonds. The molecule has 8 aromatic rings. The predicted octanol–water partition coefficient (Wildman–Crippen LogP) is 13.6. The fourth-order valence-corrected chi connectivity index (χ4v) is 8.71. The maximum absolute atomic E-state index is 12.9. The van der Waals surface area contributed by atoms with Gasteiger partial charge in [-0.05, 0) is 145 Å². The Bertz CT molecular complexity index is 2900. The van der Waals surface area contributed by atoms with Crippen molar-refractivity contribution in [1.82, 2.24) is 19.9 Å². The van der Waals surface area contributed by atoms with Gasteiger partial charge in [0.1, 0.15) is 35.7 Å². The Labute approximate surface area is 391 Å². The second-order valence-corrected chi connectivity index (χ2v) is 18.3. The van der Waals surface area contributed by atoms with E-state index in [1.54, 1.807) is 42.7 Å². The number of aromatic nitrogens is 4. The average Bonchev–Trinajstić information content (AvgIpc) is 3.34. The Kier molecular flexibility index (Phi) is 16.7. The van der Waals surface area contributed by atoms with Gasteiger partial charge in [0.25, 0.3) is 0 Å². The number of rotatable bonds is 14. The Morgan fingerprint density at radius 3 is 1.26 bits per heavy atom. The van der Waals surface area contributed by atoms with Gasteiger partial charge in [0.2, 0.25) is 9.84 Å². The molecule has 0 unspecified atom stereocenters. The van der Waals surface area contributed by atoms with Crippen LogP contribution in [0.2, 0.25) is 0 Å². The summed E-state index contributed by atoms with van der Waals surface area (Å²) < 4.78 is 38.0. The Morgan fingerprint density at radius 1 is 0.455 bits per heavy atom. The van der Waals surface area contributed by atoms with Gasteiger partial charge in [-0.2, -0.15) is 0 Å². The number of benzene rings is 6. The smallest absolute Gasteiger partial charge is 0.206 e. The molecule has 0 bridgehead atoms. The van der Waals surface area contributed by atoms with E-state index in [-0.39, 0.29) is 5.41 Å². The van der Waals surface area contributed by atoms with Crippen LogP contribution in [0.5, 0.6) is 23.0 Å². The van der Waals surface area contributed by atoms with Crippen molar-refractivity contribution in [2.45, 2.75) is 96.3 Å². The fraction of sp³-hybridized carbons (Fsp3) is 0.228. The molecule has 0 fully saturated rings. The summed E-state index contributed by atoms with van der Waals surface area (Å²) in [5.74, 6) is 3.31. The van der Waals surface area contributed by atoms with Crippen LogP contribution in [-0.2, 0) is 40.9 Å². The quantitative estimate of drug-likeness (QED) is 0.106. The number of sulfone groups is 1. The van der Waals surface area contributed by atoms with Gasteiger partial charge in [0.15, 0.2) is 0 Å². The summed E-state index contributed by atoms with van der Waals surface area (Å²) in [5.41, 5.74) is 10.4. The summed E-state index contributed by atoms with van der Waals surface area (Å²) in [6, 6.07) is 51.3. The predicted molar refractivity (Wildman–Crippen MR) is 266 cm³/mol. The van der Waals surface area contributed by atoms with E-state index in [4.69, 9.17) is 9.47 Å². The molecular formula is C57H60N4O4S. The van der Waals surface area contributed by atoms with Crippen LogP contribution in [0.15, 0.2) is 180 Å². The van der Waals surface area contributed by atoms with E-state index in [0.29, 0.717) is 16.2 Å². The topological polar surface area (TPSA) is 104 Å². The van der Waals surface area contributed by atoms with E-state index < -0.39 is 9.84 Å². The first-order valence-electron chi connectivity index (χ1n) is 22.6. The van der Waals surface area contributed by atoms with E-state index in [9.17, 15) is 8.42 Å². The molecule has 2 aromatic heterocycles. The van der Waals surface area contributed by atoms with Gasteiger partial charge in [0, 0.05) is 41.0 Å². The van der Waals surface area contributed by atoms with Gasteiger partial charge in [-0.25, -0.2) is 28.4 Å². The van der Waals surface area contributed by atoms with Gasteiger partial charge in [-0.15, -0.1) is 0 Å². The monoisotopic (exact) mass is 896 g/mol. The van der Waals surface area contributed by atoms with Gasteiger partial charge >= 0.3 is 0 Å². The second kappa shape index (κ2) is 22.8. The summed E-state index contributed by atoms with van der Waals surface area (Å²) in [5, 5.41) is 0. The Balaban J connectivity index is 0.000000230. The van der Waals surface area contributed by atoms with Crippen molar-refractivity contribution in [2.24, 2.45) is 0 Å². The van der Waals surface area contributed by atoms with E-state index in [0.717, 1.165) is 76.2 Å². The molecule has 338 valence electrons. The summed E-state index contributed by atoms with van der Waals surface area (Å²) in [4.78, 5) is 17.5. The number of ether oxygens (including phenoxy) is 2. The van der Waals surface area contributed by atoms with E-state index in [1.807, 2.05) is 107 Å². The first kappa shape index (κ1) is 48.5. The van der Waals surface area contributed by atoms with E-state index >= 15 is 0 Å². The molecule has 0 aliphatic carbocycles. The third-order valence-corrected chi connectivity index (χ3v) is 12.9. The van der Waals surface area contributed by atoms with Crippen molar-refractivity contribution in [3.8, 4) is 23.0 Å². The lowest BCUT2D eigenvalue weighted by molar-refractivity contribution is 0.481. The summed E-state index contributed by atoms with van der Waals surface area (Å²) in [7, 11) is -3.53. The normalized spacial score (nSPS) is 11.1. The van der Waals surface area contributed by atoms with E-state index in [2.05, 4.69) is 89.2 Å². The minimum Gasteiger partial charge on any atom is -0.457 e. The molecule has 0 aliphatic rings. The molecule has 9 heteroatoms. The van der Waals surface area contributed by atoms with Crippen LogP contribution in [-0.4, -0.2) is 28.4 Å². The molecule has 6 aromatic carbocycles. The summed E-state index contributed by atoms with van der Waals surface area (Å²) in [6.07, 6.45) is 6.31. The van der Waals surface area contributed by atoms with Crippen molar-refractivity contribution < 1.29 is 17.9 Å². The summed E-state index contributed by atoms with van der Waals surface area (Å²) >= 11 is 0. The SMILES string of the molecule is CC.CCc1ccc(Oc2ccc(C(C)(C)c3ccc(Oc4ccc(Cc5cc(C)ncn5)cc4)cc3)cc2)cc1.CCc1cccc(S(=O)(=O)c2cccc(Cc3cc(C)ncn3)c2)c1. The molecular weight excluding hydrogens is 837 g/mol. The third-order valence-electron chi connectivity index (χ3n) is 11.2. The third kappa shape index (κ3) is 13.1. The van der Waals surface area contributed by atoms with Crippen LogP contribution in [0.3, 0.4) is 0 Å². The van der Waals surface area contributed by atoms with Gasteiger partial charge < -0.3 is 9.47 Å². The van der Waals surface area contributed by atoms with Crippen LogP contribution in [0, 0.1) is 13.8 Å². The first-order chi connectivity index (χ1) is 31.9. The number of aryl methyl sites for hydroxylation is 4. The highest BCUT2D eigenvalue weighted by atomic mass is 32.2. The number of hydrogen-bond donors (Lipinski definition) is 0. The van der Waals surface area contributed by atoms with Crippen molar-refractivity contribution in [3.63, 3.8) is 0 Å². The second-order valence-electron chi connectivity index (χ2n) is 16.3. The summed E-state index contributed by atoms with van der Waals surface area (Å²) in [6.45, 7) is 16.5. The maximum atomic E-state index is 12.9. The average molecular weight is 897 g/mol. The van der Waals surface area contributed by atoms with E-state index in [1.165, 1.54) is 28.6 Å². The van der Waals surface area contributed by atoms with Crippen LogP contribution in [0.1, 0.15) is 97.7 Å². The van der Waals surface area contributed by atoms with Crippen molar-refractivity contribution in [2.75, 3.05) is 0 Å². The van der Waals surface area contributed by atoms with Crippen LogP contribution in [0.4, 0.5) is 0 Å². The highest BCUT2D eigenvalue weighted by Crippen LogP contribution is 2.35. The van der Waals surface area contributed by atoms with Gasteiger partial charge in [0.05, 0.1) is 9.79 Å². The lowest BCUT2D eigenvalue weighted by Gasteiger charge is -2.26. The zero-order valence-corrected chi connectivity index (χ0v) is 40.1. The van der Waals surface area contributed by atoms with Crippen LogP contribution < -0.4 is 9.47 Å². The zero-order valence-electron chi connectivity index (χ0n) is 39.3. The highest BCUT2D eigenvalue weighted by molar-refractivity contribution is 7.91. The van der Waals surface area contributed by atoms with Gasteiger partial charge in [-0.1, -0.05) is 114 Å². The molecule has 8 nitrogen and oxygen atoms in total. The molecule has 2 heterocycles. The molecule has 0 saturated carbocycles. The minimum atomic E-state index is -3.53. The molecule has 0 radical (unpaired) electrons. The first-order valence-corrected chi connectivity index (χ1v) is 24.1. The van der Waals surface area contributed by atoms with Crippen LogP contribution in [0.25, 0.3) is 0 Å². The van der Waals surface area contributed by atoms with Crippen molar-refractivity contribution in [1.29, 1.82) is 0 Å². The van der Waals surface area contributed by atoms with Crippen molar-refractivity contribution in [3.05, 3.63) is 227 Å². The maximum Gasteiger partial charge on any atom is 0.206 e. The van der Waals surface area contributed by atoms with Crippen molar-refractivity contribution >= 4 is 9.84 Å².